The van der Waals surface area contributed by atoms with Gasteiger partial charge in [0.05, 0.1) is 0 Å². The SMILES string of the molecule is CC(C)C(=O)Nc1cccc(NC(=O)/C=C/c2ccc3c(c2)OCO3)c1. The van der Waals surface area contributed by atoms with Gasteiger partial charge in [0, 0.05) is 23.4 Å². The molecule has 0 fully saturated rings. The lowest BCUT2D eigenvalue weighted by atomic mass is 10.2. The zero-order valence-corrected chi connectivity index (χ0v) is 14.6. The highest BCUT2D eigenvalue weighted by Crippen LogP contribution is 2.32. The molecular weight excluding hydrogens is 332 g/mol. The minimum Gasteiger partial charge on any atom is -0.454 e. The van der Waals surface area contributed by atoms with Crippen molar-refractivity contribution in [1.82, 2.24) is 0 Å². The highest BCUT2D eigenvalue weighted by Gasteiger charge is 2.12. The predicted octanol–water partition coefficient (Wildman–Crippen LogP) is 3.66. The van der Waals surface area contributed by atoms with Crippen molar-refractivity contribution in [2.45, 2.75) is 13.8 Å². The van der Waals surface area contributed by atoms with E-state index >= 15 is 0 Å². The van der Waals surface area contributed by atoms with Gasteiger partial charge in [-0.15, -0.1) is 0 Å². The van der Waals surface area contributed by atoms with E-state index in [1.165, 1.54) is 6.08 Å². The molecule has 3 rings (SSSR count). The first-order valence-corrected chi connectivity index (χ1v) is 8.31. The highest BCUT2D eigenvalue weighted by atomic mass is 16.7. The van der Waals surface area contributed by atoms with Gasteiger partial charge in [0.15, 0.2) is 11.5 Å². The minimum absolute atomic E-state index is 0.0730. The topological polar surface area (TPSA) is 76.7 Å². The third kappa shape index (κ3) is 4.42. The molecule has 2 amide bonds. The van der Waals surface area contributed by atoms with Crippen molar-refractivity contribution in [3.8, 4) is 11.5 Å². The number of hydrogen-bond donors (Lipinski definition) is 2. The smallest absolute Gasteiger partial charge is 0.248 e. The standard InChI is InChI=1S/C20H20N2O4/c1-13(2)20(24)22-16-5-3-4-15(11-16)21-19(23)9-7-14-6-8-17-18(10-14)26-12-25-17/h3-11,13H,12H2,1-2H3,(H,21,23)(H,22,24)/b9-7+. The molecule has 6 heteroatoms. The number of benzene rings is 2. The summed E-state index contributed by atoms with van der Waals surface area (Å²) in [4.78, 5) is 23.9. The Morgan fingerprint density at radius 3 is 2.50 bits per heavy atom. The molecule has 2 N–H and O–H groups in total. The number of rotatable bonds is 5. The highest BCUT2D eigenvalue weighted by molar-refractivity contribution is 6.02. The number of carbonyl (C=O) groups is 2. The van der Waals surface area contributed by atoms with Crippen molar-refractivity contribution in [3.05, 3.63) is 54.1 Å². The lowest BCUT2D eigenvalue weighted by Gasteiger charge is -2.09. The van der Waals surface area contributed by atoms with Crippen LogP contribution in [0.2, 0.25) is 0 Å². The molecule has 134 valence electrons. The number of fused-ring (bicyclic) bond motifs is 1. The molecule has 0 unspecified atom stereocenters. The lowest BCUT2D eigenvalue weighted by molar-refractivity contribution is -0.119. The van der Waals surface area contributed by atoms with Crippen LogP contribution in [0.15, 0.2) is 48.5 Å². The molecule has 26 heavy (non-hydrogen) atoms. The Labute approximate surface area is 151 Å². The van der Waals surface area contributed by atoms with E-state index in [1.807, 2.05) is 26.0 Å². The summed E-state index contributed by atoms with van der Waals surface area (Å²) in [6.45, 7) is 3.86. The van der Waals surface area contributed by atoms with Crippen LogP contribution in [0, 0.1) is 5.92 Å². The van der Waals surface area contributed by atoms with E-state index in [2.05, 4.69) is 10.6 Å². The van der Waals surface area contributed by atoms with Crippen LogP contribution in [0.25, 0.3) is 6.08 Å². The van der Waals surface area contributed by atoms with Crippen molar-refractivity contribution in [2.75, 3.05) is 17.4 Å². The summed E-state index contributed by atoms with van der Waals surface area (Å²) < 4.78 is 10.6. The van der Waals surface area contributed by atoms with Gasteiger partial charge in [0.25, 0.3) is 0 Å². The Balaban J connectivity index is 1.62. The van der Waals surface area contributed by atoms with E-state index < -0.39 is 0 Å². The Morgan fingerprint density at radius 2 is 1.73 bits per heavy atom. The maximum absolute atomic E-state index is 12.1. The average molecular weight is 352 g/mol. The van der Waals surface area contributed by atoms with Crippen LogP contribution < -0.4 is 20.1 Å². The molecule has 0 radical (unpaired) electrons. The Kier molecular flexibility index (Phi) is 5.22. The van der Waals surface area contributed by atoms with Crippen LogP contribution in [0.3, 0.4) is 0 Å². The molecule has 0 bridgehead atoms. The van der Waals surface area contributed by atoms with Crippen molar-refractivity contribution < 1.29 is 19.1 Å². The van der Waals surface area contributed by atoms with E-state index in [1.54, 1.807) is 36.4 Å². The Morgan fingerprint density at radius 1 is 1.00 bits per heavy atom. The molecule has 2 aromatic carbocycles. The van der Waals surface area contributed by atoms with Gasteiger partial charge in [-0.05, 0) is 42.0 Å². The second kappa shape index (κ2) is 7.74. The quantitative estimate of drug-likeness (QED) is 0.805. The summed E-state index contributed by atoms with van der Waals surface area (Å²) in [7, 11) is 0. The molecule has 0 aromatic heterocycles. The molecule has 2 aromatic rings. The van der Waals surface area contributed by atoms with Gasteiger partial charge < -0.3 is 20.1 Å². The predicted molar refractivity (Wildman–Crippen MR) is 100 cm³/mol. The molecule has 0 aliphatic carbocycles. The zero-order chi connectivity index (χ0) is 18.5. The molecule has 0 saturated carbocycles. The summed E-state index contributed by atoms with van der Waals surface area (Å²) >= 11 is 0. The van der Waals surface area contributed by atoms with Gasteiger partial charge in [-0.3, -0.25) is 9.59 Å². The van der Waals surface area contributed by atoms with Crippen molar-refractivity contribution in [3.63, 3.8) is 0 Å². The molecule has 6 nitrogen and oxygen atoms in total. The van der Waals surface area contributed by atoms with Crippen molar-refractivity contribution >= 4 is 29.3 Å². The zero-order valence-electron chi connectivity index (χ0n) is 14.6. The third-order valence-electron chi connectivity index (χ3n) is 3.75. The summed E-state index contributed by atoms with van der Waals surface area (Å²) in [6.07, 6.45) is 3.14. The first kappa shape index (κ1) is 17.5. The number of ether oxygens (including phenoxy) is 2. The van der Waals surface area contributed by atoms with Crippen LogP contribution in [0.1, 0.15) is 19.4 Å². The minimum atomic E-state index is -0.269. The van der Waals surface area contributed by atoms with E-state index in [4.69, 9.17) is 9.47 Å². The fourth-order valence-electron chi connectivity index (χ4n) is 2.33. The molecular formula is C20H20N2O4. The van der Waals surface area contributed by atoms with Crippen molar-refractivity contribution in [1.29, 1.82) is 0 Å². The van der Waals surface area contributed by atoms with Gasteiger partial charge in [-0.25, -0.2) is 0 Å². The largest absolute Gasteiger partial charge is 0.454 e. The van der Waals surface area contributed by atoms with Gasteiger partial charge >= 0.3 is 0 Å². The maximum atomic E-state index is 12.1. The number of amides is 2. The van der Waals surface area contributed by atoms with Crippen LogP contribution in [-0.2, 0) is 9.59 Å². The molecule has 1 aliphatic rings. The van der Waals surface area contributed by atoms with Crippen LogP contribution in [-0.4, -0.2) is 18.6 Å². The van der Waals surface area contributed by atoms with E-state index in [9.17, 15) is 9.59 Å². The maximum Gasteiger partial charge on any atom is 0.248 e. The van der Waals surface area contributed by atoms with Crippen LogP contribution in [0.5, 0.6) is 11.5 Å². The molecule has 0 atom stereocenters. The fourth-order valence-corrected chi connectivity index (χ4v) is 2.33. The van der Waals surface area contributed by atoms with Crippen LogP contribution >= 0.6 is 0 Å². The average Bonchev–Trinajstić information content (AvgIpc) is 3.08. The number of carbonyl (C=O) groups excluding carboxylic acids is 2. The van der Waals surface area contributed by atoms with Gasteiger partial charge in [-0.1, -0.05) is 26.0 Å². The number of anilines is 2. The Hall–Kier alpha value is -3.28. The van der Waals surface area contributed by atoms with E-state index in [0.29, 0.717) is 22.9 Å². The Bertz CT molecular complexity index is 859. The molecule has 0 spiro atoms. The first-order chi connectivity index (χ1) is 12.5. The fraction of sp³-hybridized carbons (Fsp3) is 0.200. The molecule has 1 heterocycles. The third-order valence-corrected chi connectivity index (χ3v) is 3.75. The van der Waals surface area contributed by atoms with Crippen LogP contribution in [0.4, 0.5) is 11.4 Å². The van der Waals surface area contributed by atoms with Gasteiger partial charge in [0.1, 0.15) is 0 Å². The number of nitrogens with one attached hydrogen (secondary N) is 2. The monoisotopic (exact) mass is 352 g/mol. The second-order valence-corrected chi connectivity index (χ2v) is 6.16. The van der Waals surface area contributed by atoms with E-state index in [0.717, 1.165) is 5.56 Å². The normalized spacial score (nSPS) is 12.4. The van der Waals surface area contributed by atoms with E-state index in [-0.39, 0.29) is 24.5 Å². The number of hydrogen-bond acceptors (Lipinski definition) is 4. The molecule has 0 saturated heterocycles. The lowest BCUT2D eigenvalue weighted by Crippen LogP contribution is -2.17. The second-order valence-electron chi connectivity index (χ2n) is 6.16. The molecule has 1 aliphatic heterocycles. The summed E-state index contributed by atoms with van der Waals surface area (Å²) in [5.41, 5.74) is 2.08. The summed E-state index contributed by atoms with van der Waals surface area (Å²) in [6, 6.07) is 12.5. The first-order valence-electron chi connectivity index (χ1n) is 8.31. The summed E-state index contributed by atoms with van der Waals surface area (Å²) in [5, 5.41) is 5.58. The summed E-state index contributed by atoms with van der Waals surface area (Å²) in [5.74, 6) is 0.914. The van der Waals surface area contributed by atoms with Gasteiger partial charge in [-0.2, -0.15) is 0 Å². The van der Waals surface area contributed by atoms with Crippen molar-refractivity contribution in [2.24, 2.45) is 5.92 Å². The van der Waals surface area contributed by atoms with Gasteiger partial charge in [0.2, 0.25) is 18.6 Å².